The van der Waals surface area contributed by atoms with Gasteiger partial charge in [-0.25, -0.2) is 4.39 Å². The maximum atomic E-state index is 13.3. The Kier molecular flexibility index (Phi) is 3.97. The van der Waals surface area contributed by atoms with E-state index in [1.165, 1.54) is 12.1 Å². The molecule has 18 heavy (non-hydrogen) atoms. The summed E-state index contributed by atoms with van der Waals surface area (Å²) < 4.78 is 13.3. The van der Waals surface area contributed by atoms with Gasteiger partial charge in [0.05, 0.1) is 0 Å². The van der Waals surface area contributed by atoms with Gasteiger partial charge in [-0.3, -0.25) is 4.79 Å². The lowest BCUT2D eigenvalue weighted by Gasteiger charge is -2.17. The van der Waals surface area contributed by atoms with Crippen molar-refractivity contribution in [2.24, 2.45) is 11.7 Å². The molecule has 1 aliphatic rings. The van der Waals surface area contributed by atoms with Gasteiger partial charge in [0, 0.05) is 18.7 Å². The van der Waals surface area contributed by atoms with E-state index in [9.17, 15) is 9.18 Å². The van der Waals surface area contributed by atoms with Crippen LogP contribution in [0.3, 0.4) is 0 Å². The first-order valence-electron chi connectivity index (χ1n) is 6.36. The summed E-state index contributed by atoms with van der Waals surface area (Å²) in [5.41, 5.74) is 6.75. The van der Waals surface area contributed by atoms with E-state index >= 15 is 0 Å². The van der Waals surface area contributed by atoms with Crippen LogP contribution in [0.5, 0.6) is 0 Å². The fourth-order valence-corrected chi connectivity index (χ4v) is 2.53. The summed E-state index contributed by atoms with van der Waals surface area (Å²) in [6, 6.07) is 4.48. The minimum Gasteiger partial charge on any atom is -0.338 e. The van der Waals surface area contributed by atoms with Crippen molar-refractivity contribution in [3.8, 4) is 0 Å². The second-order valence-corrected chi connectivity index (χ2v) is 5.00. The second-order valence-electron chi connectivity index (χ2n) is 5.00. The standard InChI is InChI=1S/C14H19FN2O/c1-10-6-12(8-13(15)7-10)14(18)17-5-3-11(9-17)2-4-16/h6-8,11H,2-5,9,16H2,1H3. The molecule has 0 aromatic heterocycles. The number of rotatable bonds is 3. The van der Waals surface area contributed by atoms with Gasteiger partial charge in [-0.1, -0.05) is 0 Å². The van der Waals surface area contributed by atoms with Gasteiger partial charge in [-0.05, 0) is 56.0 Å². The third-order valence-electron chi connectivity index (χ3n) is 3.44. The number of carbonyl (C=O) groups is 1. The maximum absolute atomic E-state index is 13.3. The summed E-state index contributed by atoms with van der Waals surface area (Å²) in [7, 11) is 0. The minimum absolute atomic E-state index is 0.0721. The normalized spacial score (nSPS) is 19.3. The van der Waals surface area contributed by atoms with Crippen molar-refractivity contribution in [3.05, 3.63) is 35.1 Å². The SMILES string of the molecule is Cc1cc(F)cc(C(=O)N2CCC(CCN)C2)c1. The number of carbonyl (C=O) groups excluding carboxylic acids is 1. The number of likely N-dealkylation sites (tertiary alicyclic amines) is 1. The molecule has 3 nitrogen and oxygen atoms in total. The van der Waals surface area contributed by atoms with E-state index in [2.05, 4.69) is 0 Å². The number of aryl methyl sites for hydroxylation is 1. The van der Waals surface area contributed by atoms with Crippen LogP contribution in [0.15, 0.2) is 18.2 Å². The second kappa shape index (κ2) is 5.48. The predicted octanol–water partition coefficient (Wildman–Crippen LogP) is 1.95. The average molecular weight is 250 g/mol. The molecule has 4 heteroatoms. The molecule has 1 aromatic rings. The topological polar surface area (TPSA) is 46.3 Å². The summed E-state index contributed by atoms with van der Waals surface area (Å²) in [5, 5.41) is 0. The van der Waals surface area contributed by atoms with Crippen molar-refractivity contribution in [2.75, 3.05) is 19.6 Å². The highest BCUT2D eigenvalue weighted by atomic mass is 19.1. The van der Waals surface area contributed by atoms with Gasteiger partial charge in [0.25, 0.3) is 5.91 Å². The Morgan fingerprint density at radius 2 is 2.28 bits per heavy atom. The Morgan fingerprint density at radius 1 is 1.50 bits per heavy atom. The summed E-state index contributed by atoms with van der Waals surface area (Å²) in [5.74, 6) is 0.0711. The van der Waals surface area contributed by atoms with Gasteiger partial charge in [-0.2, -0.15) is 0 Å². The van der Waals surface area contributed by atoms with Crippen molar-refractivity contribution >= 4 is 5.91 Å². The third kappa shape index (κ3) is 2.88. The molecule has 1 aromatic carbocycles. The smallest absolute Gasteiger partial charge is 0.253 e. The zero-order valence-corrected chi connectivity index (χ0v) is 10.7. The molecule has 1 unspecified atom stereocenters. The number of nitrogens with two attached hydrogens (primary N) is 1. The molecule has 1 aliphatic heterocycles. The number of hydrogen-bond acceptors (Lipinski definition) is 2. The van der Waals surface area contributed by atoms with Crippen LogP contribution in [-0.4, -0.2) is 30.4 Å². The van der Waals surface area contributed by atoms with Crippen molar-refractivity contribution in [1.82, 2.24) is 4.90 Å². The highest BCUT2D eigenvalue weighted by molar-refractivity contribution is 5.94. The molecule has 0 saturated carbocycles. The van der Waals surface area contributed by atoms with Crippen LogP contribution < -0.4 is 5.73 Å². The molecule has 0 aliphatic carbocycles. The van der Waals surface area contributed by atoms with Gasteiger partial charge >= 0.3 is 0 Å². The lowest BCUT2D eigenvalue weighted by atomic mass is 10.1. The van der Waals surface area contributed by atoms with Gasteiger partial charge in [-0.15, -0.1) is 0 Å². The predicted molar refractivity (Wildman–Crippen MR) is 68.8 cm³/mol. The van der Waals surface area contributed by atoms with E-state index in [0.717, 1.165) is 31.5 Å². The van der Waals surface area contributed by atoms with Gasteiger partial charge in [0.15, 0.2) is 0 Å². The van der Waals surface area contributed by atoms with E-state index in [4.69, 9.17) is 5.73 Å². The molecule has 1 heterocycles. The van der Waals surface area contributed by atoms with Crippen molar-refractivity contribution in [2.45, 2.75) is 19.8 Å². The van der Waals surface area contributed by atoms with Crippen LogP contribution in [0, 0.1) is 18.7 Å². The first-order valence-corrected chi connectivity index (χ1v) is 6.36. The van der Waals surface area contributed by atoms with E-state index < -0.39 is 0 Å². The molecular formula is C14H19FN2O. The fraction of sp³-hybridized carbons (Fsp3) is 0.500. The van der Waals surface area contributed by atoms with Gasteiger partial charge in [0.2, 0.25) is 0 Å². The number of hydrogen-bond donors (Lipinski definition) is 1. The summed E-state index contributed by atoms with van der Waals surface area (Å²) in [4.78, 5) is 14.0. The summed E-state index contributed by atoms with van der Waals surface area (Å²) in [6.07, 6.45) is 1.95. The molecule has 98 valence electrons. The van der Waals surface area contributed by atoms with Gasteiger partial charge in [0.1, 0.15) is 5.82 Å². The molecule has 1 amide bonds. The molecule has 1 fully saturated rings. The Balaban J connectivity index is 2.08. The molecule has 0 bridgehead atoms. The minimum atomic E-state index is -0.351. The summed E-state index contributed by atoms with van der Waals surface area (Å²) >= 11 is 0. The fourth-order valence-electron chi connectivity index (χ4n) is 2.53. The van der Waals surface area contributed by atoms with E-state index in [1.54, 1.807) is 17.9 Å². The van der Waals surface area contributed by atoms with Crippen molar-refractivity contribution in [3.63, 3.8) is 0 Å². The first-order chi connectivity index (χ1) is 8.60. The Morgan fingerprint density at radius 3 is 2.94 bits per heavy atom. The summed E-state index contributed by atoms with van der Waals surface area (Å²) in [6.45, 7) is 3.94. The van der Waals surface area contributed by atoms with E-state index in [0.29, 0.717) is 18.0 Å². The Hall–Kier alpha value is -1.42. The quantitative estimate of drug-likeness (QED) is 0.891. The maximum Gasteiger partial charge on any atom is 0.253 e. The zero-order valence-electron chi connectivity index (χ0n) is 10.7. The van der Waals surface area contributed by atoms with Crippen LogP contribution >= 0.6 is 0 Å². The highest BCUT2D eigenvalue weighted by Crippen LogP contribution is 2.21. The number of halogens is 1. The lowest BCUT2D eigenvalue weighted by Crippen LogP contribution is -2.29. The van der Waals surface area contributed by atoms with E-state index in [-0.39, 0.29) is 11.7 Å². The number of amides is 1. The van der Waals surface area contributed by atoms with Crippen LogP contribution in [0.2, 0.25) is 0 Å². The zero-order chi connectivity index (χ0) is 13.1. The van der Waals surface area contributed by atoms with Gasteiger partial charge < -0.3 is 10.6 Å². The van der Waals surface area contributed by atoms with Crippen LogP contribution in [0.25, 0.3) is 0 Å². The molecular weight excluding hydrogens is 231 g/mol. The molecule has 0 spiro atoms. The Labute approximate surface area is 107 Å². The first kappa shape index (κ1) is 13.0. The van der Waals surface area contributed by atoms with Crippen molar-refractivity contribution in [1.29, 1.82) is 0 Å². The lowest BCUT2D eigenvalue weighted by molar-refractivity contribution is 0.0786. The highest BCUT2D eigenvalue weighted by Gasteiger charge is 2.26. The Bertz CT molecular complexity index is 427. The molecule has 0 radical (unpaired) electrons. The molecule has 1 saturated heterocycles. The van der Waals surface area contributed by atoms with Crippen LogP contribution in [0.1, 0.15) is 28.8 Å². The largest absolute Gasteiger partial charge is 0.338 e. The number of benzene rings is 1. The third-order valence-corrected chi connectivity index (χ3v) is 3.44. The van der Waals surface area contributed by atoms with Crippen LogP contribution in [-0.2, 0) is 0 Å². The monoisotopic (exact) mass is 250 g/mol. The van der Waals surface area contributed by atoms with E-state index in [1.807, 2.05) is 0 Å². The molecule has 1 atom stereocenters. The average Bonchev–Trinajstić information content (AvgIpc) is 2.76. The van der Waals surface area contributed by atoms with Crippen molar-refractivity contribution < 1.29 is 9.18 Å². The van der Waals surface area contributed by atoms with Crippen LogP contribution in [0.4, 0.5) is 4.39 Å². The molecule has 2 N–H and O–H groups in total. The number of nitrogens with zero attached hydrogens (tertiary/aromatic N) is 1. The molecule has 2 rings (SSSR count).